The van der Waals surface area contributed by atoms with Crippen molar-refractivity contribution in [3.8, 4) is 0 Å². The summed E-state index contributed by atoms with van der Waals surface area (Å²) in [5, 5.41) is 2.97. The summed E-state index contributed by atoms with van der Waals surface area (Å²) >= 11 is 0. The summed E-state index contributed by atoms with van der Waals surface area (Å²) in [4.78, 5) is 27.0. The standard InChI is InChI=1S/C16H28N2O3/c1-4-16(5-2)15(20)18(9-6-14(19)17-16)12(3)13-7-10-21-11-8-13/h12-13H,4-11H2,1-3H3,(H,17,19). The van der Waals surface area contributed by atoms with Gasteiger partial charge in [-0.2, -0.15) is 0 Å². The van der Waals surface area contributed by atoms with Crippen molar-refractivity contribution in [3.05, 3.63) is 0 Å². The topological polar surface area (TPSA) is 58.6 Å². The number of carbonyl (C=O) groups is 2. The highest BCUT2D eigenvalue weighted by Gasteiger charge is 2.44. The number of hydrogen-bond acceptors (Lipinski definition) is 3. The van der Waals surface area contributed by atoms with Crippen LogP contribution in [0.15, 0.2) is 0 Å². The molecule has 0 radical (unpaired) electrons. The quantitative estimate of drug-likeness (QED) is 0.859. The monoisotopic (exact) mass is 296 g/mol. The van der Waals surface area contributed by atoms with E-state index in [1.54, 1.807) is 0 Å². The van der Waals surface area contributed by atoms with Gasteiger partial charge >= 0.3 is 0 Å². The molecule has 0 aliphatic carbocycles. The van der Waals surface area contributed by atoms with Crippen molar-refractivity contribution in [2.75, 3.05) is 19.8 Å². The van der Waals surface area contributed by atoms with Crippen molar-refractivity contribution in [2.24, 2.45) is 5.92 Å². The molecule has 1 unspecified atom stereocenters. The Morgan fingerprint density at radius 2 is 1.90 bits per heavy atom. The highest BCUT2D eigenvalue weighted by molar-refractivity contribution is 5.93. The lowest BCUT2D eigenvalue weighted by molar-refractivity contribution is -0.142. The van der Waals surface area contributed by atoms with Crippen LogP contribution >= 0.6 is 0 Å². The number of nitrogens with one attached hydrogen (secondary N) is 1. The molecule has 2 aliphatic heterocycles. The zero-order valence-electron chi connectivity index (χ0n) is 13.5. The molecule has 21 heavy (non-hydrogen) atoms. The molecule has 1 atom stereocenters. The van der Waals surface area contributed by atoms with Crippen LogP contribution in [0.4, 0.5) is 0 Å². The summed E-state index contributed by atoms with van der Waals surface area (Å²) in [6.45, 7) is 8.17. The summed E-state index contributed by atoms with van der Waals surface area (Å²) in [5.41, 5.74) is -0.715. The van der Waals surface area contributed by atoms with Crippen LogP contribution in [0, 0.1) is 5.92 Å². The van der Waals surface area contributed by atoms with Gasteiger partial charge in [0.25, 0.3) is 0 Å². The summed E-state index contributed by atoms with van der Waals surface area (Å²) in [6.07, 6.45) is 3.69. The molecule has 0 aromatic carbocycles. The molecule has 0 spiro atoms. The van der Waals surface area contributed by atoms with Crippen molar-refractivity contribution in [1.82, 2.24) is 10.2 Å². The van der Waals surface area contributed by atoms with Crippen molar-refractivity contribution < 1.29 is 14.3 Å². The van der Waals surface area contributed by atoms with Gasteiger partial charge in [-0.1, -0.05) is 13.8 Å². The first-order valence-electron chi connectivity index (χ1n) is 8.24. The van der Waals surface area contributed by atoms with E-state index in [-0.39, 0.29) is 17.9 Å². The van der Waals surface area contributed by atoms with E-state index in [9.17, 15) is 9.59 Å². The number of hydrogen-bond donors (Lipinski definition) is 1. The molecule has 2 fully saturated rings. The van der Waals surface area contributed by atoms with Gasteiger partial charge in [0.1, 0.15) is 5.54 Å². The van der Waals surface area contributed by atoms with Gasteiger partial charge in [0.05, 0.1) is 0 Å². The van der Waals surface area contributed by atoms with Gasteiger partial charge < -0.3 is 15.0 Å². The van der Waals surface area contributed by atoms with Crippen LogP contribution in [0.3, 0.4) is 0 Å². The fourth-order valence-electron chi connectivity index (χ4n) is 3.55. The summed E-state index contributed by atoms with van der Waals surface area (Å²) in [5.74, 6) is 0.563. The van der Waals surface area contributed by atoms with Gasteiger partial charge in [-0.3, -0.25) is 9.59 Å². The molecule has 1 N–H and O–H groups in total. The van der Waals surface area contributed by atoms with Crippen LogP contribution in [-0.2, 0) is 14.3 Å². The molecule has 2 saturated heterocycles. The molecular formula is C16H28N2O3. The Morgan fingerprint density at radius 3 is 2.48 bits per heavy atom. The second kappa shape index (κ2) is 6.77. The zero-order valence-corrected chi connectivity index (χ0v) is 13.5. The minimum atomic E-state index is -0.715. The van der Waals surface area contributed by atoms with E-state index in [2.05, 4.69) is 12.2 Å². The molecule has 5 nitrogen and oxygen atoms in total. The van der Waals surface area contributed by atoms with Crippen molar-refractivity contribution >= 4 is 11.8 Å². The average molecular weight is 296 g/mol. The Balaban J connectivity index is 2.20. The Bertz CT molecular complexity index is 387. The lowest BCUT2D eigenvalue weighted by Crippen LogP contribution is -2.58. The Morgan fingerprint density at radius 1 is 1.29 bits per heavy atom. The van der Waals surface area contributed by atoms with E-state index in [1.807, 2.05) is 18.7 Å². The number of ether oxygens (including phenoxy) is 1. The Kier molecular flexibility index (Phi) is 5.25. The fourth-order valence-corrected chi connectivity index (χ4v) is 3.55. The minimum absolute atomic E-state index is 0.00581. The third-order valence-corrected chi connectivity index (χ3v) is 5.28. The second-order valence-electron chi connectivity index (χ2n) is 6.28. The molecule has 5 heteroatoms. The highest BCUT2D eigenvalue weighted by Crippen LogP contribution is 2.28. The Labute approximate surface area is 127 Å². The van der Waals surface area contributed by atoms with E-state index in [1.165, 1.54) is 0 Å². The van der Waals surface area contributed by atoms with E-state index in [4.69, 9.17) is 4.74 Å². The molecule has 0 aromatic rings. The second-order valence-corrected chi connectivity index (χ2v) is 6.28. The smallest absolute Gasteiger partial charge is 0.248 e. The van der Waals surface area contributed by atoms with E-state index in [0.29, 0.717) is 31.7 Å². The van der Waals surface area contributed by atoms with Crippen LogP contribution in [0.1, 0.15) is 52.9 Å². The summed E-state index contributed by atoms with van der Waals surface area (Å²) in [7, 11) is 0. The van der Waals surface area contributed by atoms with Crippen LogP contribution in [-0.4, -0.2) is 48.1 Å². The minimum Gasteiger partial charge on any atom is -0.381 e. The van der Waals surface area contributed by atoms with E-state index in [0.717, 1.165) is 26.1 Å². The maximum atomic E-state index is 13.0. The number of nitrogens with zero attached hydrogens (tertiary/aromatic N) is 1. The summed E-state index contributed by atoms with van der Waals surface area (Å²) in [6, 6.07) is 0.173. The predicted molar refractivity (Wildman–Crippen MR) is 80.8 cm³/mol. The molecule has 2 rings (SSSR count). The van der Waals surface area contributed by atoms with Gasteiger partial charge in [-0.25, -0.2) is 0 Å². The molecule has 0 bridgehead atoms. The third kappa shape index (κ3) is 3.23. The van der Waals surface area contributed by atoms with E-state index < -0.39 is 5.54 Å². The molecule has 2 aliphatic rings. The van der Waals surface area contributed by atoms with Gasteiger partial charge in [0, 0.05) is 32.2 Å². The molecule has 2 amide bonds. The third-order valence-electron chi connectivity index (χ3n) is 5.28. The van der Waals surface area contributed by atoms with Crippen LogP contribution in [0.5, 0.6) is 0 Å². The maximum absolute atomic E-state index is 13.0. The van der Waals surface area contributed by atoms with Crippen molar-refractivity contribution in [2.45, 2.75) is 64.5 Å². The zero-order chi connectivity index (χ0) is 15.5. The lowest BCUT2D eigenvalue weighted by atomic mass is 9.87. The normalized spacial score (nSPS) is 25.4. The SMILES string of the molecule is CCC1(CC)NC(=O)CCN(C(C)C2CCOCC2)C1=O. The van der Waals surface area contributed by atoms with Crippen LogP contribution in [0.2, 0.25) is 0 Å². The van der Waals surface area contributed by atoms with Gasteiger partial charge in [-0.15, -0.1) is 0 Å². The number of carbonyl (C=O) groups excluding carboxylic acids is 2. The molecular weight excluding hydrogens is 268 g/mol. The van der Waals surface area contributed by atoms with Gasteiger partial charge in [0.2, 0.25) is 11.8 Å². The van der Waals surface area contributed by atoms with E-state index >= 15 is 0 Å². The Hall–Kier alpha value is -1.10. The lowest BCUT2D eigenvalue weighted by Gasteiger charge is -2.40. The summed E-state index contributed by atoms with van der Waals surface area (Å²) < 4.78 is 5.42. The molecule has 0 saturated carbocycles. The van der Waals surface area contributed by atoms with Crippen molar-refractivity contribution in [1.29, 1.82) is 0 Å². The first-order chi connectivity index (χ1) is 10.0. The first-order valence-corrected chi connectivity index (χ1v) is 8.24. The first kappa shape index (κ1) is 16.3. The van der Waals surface area contributed by atoms with Crippen LogP contribution < -0.4 is 5.32 Å². The number of amides is 2. The highest BCUT2D eigenvalue weighted by atomic mass is 16.5. The van der Waals surface area contributed by atoms with Crippen LogP contribution in [0.25, 0.3) is 0 Å². The predicted octanol–water partition coefficient (Wildman–Crippen LogP) is 1.71. The maximum Gasteiger partial charge on any atom is 0.248 e. The largest absolute Gasteiger partial charge is 0.381 e. The number of rotatable bonds is 4. The van der Waals surface area contributed by atoms with Crippen molar-refractivity contribution in [3.63, 3.8) is 0 Å². The molecule has 120 valence electrons. The van der Waals surface area contributed by atoms with Gasteiger partial charge in [0.15, 0.2) is 0 Å². The molecule has 0 aromatic heterocycles. The van der Waals surface area contributed by atoms with Gasteiger partial charge in [-0.05, 0) is 38.5 Å². The average Bonchev–Trinajstić information content (AvgIpc) is 2.65. The molecule has 2 heterocycles. The fraction of sp³-hybridized carbons (Fsp3) is 0.875.